The van der Waals surface area contributed by atoms with Crippen LogP contribution >= 0.6 is 0 Å². The quantitative estimate of drug-likeness (QED) is 0.0320. The number of esters is 1. The minimum absolute atomic E-state index is 0.00618. The molecule has 0 fully saturated rings. The number of aliphatic hydroxyl groups excluding tert-OH is 2. The minimum Gasteiger partial charge on any atom is -0.466 e. The standard InChI is InChI=1S/C68H133NO5/c1-3-5-7-9-11-13-15-17-18-19-20-24-27-30-33-37-40-44-48-52-56-60-66(71)65(64-70)69-67(72)61-57-53-49-45-41-38-34-31-28-25-22-21-23-26-29-32-35-39-43-47-51-55-59-63-74-68(73)62-58-54-50-46-42-36-16-14-12-10-8-6-4-2/h14,16,65-66,70-71H,3-13,15,17-64H2,1-2H3,(H,69,72)/b16-14-. The van der Waals surface area contributed by atoms with Crippen molar-refractivity contribution in [3.63, 3.8) is 0 Å². The molecule has 74 heavy (non-hydrogen) atoms. The topological polar surface area (TPSA) is 95.9 Å². The molecule has 0 aliphatic carbocycles. The van der Waals surface area contributed by atoms with Crippen molar-refractivity contribution < 1.29 is 24.5 Å². The maximum atomic E-state index is 12.5. The van der Waals surface area contributed by atoms with Gasteiger partial charge in [0.05, 0.1) is 25.4 Å². The Kier molecular flexibility index (Phi) is 62.9. The molecule has 0 rings (SSSR count). The Morgan fingerprint density at radius 1 is 0.365 bits per heavy atom. The average Bonchev–Trinajstić information content (AvgIpc) is 3.40. The van der Waals surface area contributed by atoms with Crippen molar-refractivity contribution in [2.75, 3.05) is 13.2 Å². The largest absolute Gasteiger partial charge is 0.466 e. The third kappa shape index (κ3) is 59.8. The third-order valence-corrected chi connectivity index (χ3v) is 16.1. The summed E-state index contributed by atoms with van der Waals surface area (Å²) in [6.07, 6.45) is 78.1. The second-order valence-corrected chi connectivity index (χ2v) is 23.5. The fourth-order valence-electron chi connectivity index (χ4n) is 10.9. The van der Waals surface area contributed by atoms with Crippen molar-refractivity contribution in [3.05, 3.63) is 12.2 Å². The molecule has 0 heterocycles. The van der Waals surface area contributed by atoms with E-state index in [4.69, 9.17) is 4.74 Å². The van der Waals surface area contributed by atoms with Crippen LogP contribution in [0.3, 0.4) is 0 Å². The Balaban J connectivity index is 3.37. The normalized spacial score (nSPS) is 12.5. The summed E-state index contributed by atoms with van der Waals surface area (Å²) in [5.74, 6) is -0.0237. The molecule has 0 spiro atoms. The molecule has 1 amide bonds. The molecule has 0 aromatic rings. The number of carbonyl (C=O) groups is 2. The van der Waals surface area contributed by atoms with Crippen molar-refractivity contribution in [2.24, 2.45) is 0 Å². The maximum Gasteiger partial charge on any atom is 0.305 e. The lowest BCUT2D eigenvalue weighted by atomic mass is 10.0. The van der Waals surface area contributed by atoms with Crippen LogP contribution in [0.15, 0.2) is 12.2 Å². The van der Waals surface area contributed by atoms with Gasteiger partial charge in [-0.2, -0.15) is 0 Å². The van der Waals surface area contributed by atoms with Crippen LogP contribution in [0, 0.1) is 0 Å². The maximum absolute atomic E-state index is 12.5. The number of hydrogen-bond donors (Lipinski definition) is 3. The highest BCUT2D eigenvalue weighted by Gasteiger charge is 2.20. The van der Waals surface area contributed by atoms with Gasteiger partial charge in [0.2, 0.25) is 5.91 Å². The van der Waals surface area contributed by atoms with E-state index in [0.717, 1.165) is 44.9 Å². The molecule has 0 saturated heterocycles. The lowest BCUT2D eigenvalue weighted by Crippen LogP contribution is -2.45. The summed E-state index contributed by atoms with van der Waals surface area (Å²) in [7, 11) is 0. The fraction of sp³-hybridized carbons (Fsp3) is 0.941. The van der Waals surface area contributed by atoms with E-state index in [9.17, 15) is 19.8 Å². The number of hydrogen-bond acceptors (Lipinski definition) is 5. The number of ether oxygens (including phenoxy) is 1. The summed E-state index contributed by atoms with van der Waals surface area (Å²) in [4.78, 5) is 24.6. The molecule has 3 N–H and O–H groups in total. The number of amides is 1. The lowest BCUT2D eigenvalue weighted by Gasteiger charge is -2.22. The van der Waals surface area contributed by atoms with Gasteiger partial charge < -0.3 is 20.3 Å². The van der Waals surface area contributed by atoms with Crippen LogP contribution in [0.4, 0.5) is 0 Å². The highest BCUT2D eigenvalue weighted by molar-refractivity contribution is 5.76. The summed E-state index contributed by atoms with van der Waals surface area (Å²) in [6.45, 7) is 4.97. The lowest BCUT2D eigenvalue weighted by molar-refractivity contribution is -0.143. The number of aliphatic hydroxyl groups is 2. The van der Waals surface area contributed by atoms with Gasteiger partial charge in [-0.05, 0) is 51.4 Å². The van der Waals surface area contributed by atoms with Gasteiger partial charge in [-0.25, -0.2) is 0 Å². The fourth-order valence-corrected chi connectivity index (χ4v) is 10.9. The Labute approximate surface area is 463 Å². The van der Waals surface area contributed by atoms with E-state index in [1.807, 2.05) is 0 Å². The van der Waals surface area contributed by atoms with Gasteiger partial charge in [0.15, 0.2) is 0 Å². The van der Waals surface area contributed by atoms with Crippen molar-refractivity contribution in [1.82, 2.24) is 5.32 Å². The monoisotopic (exact) mass is 1040 g/mol. The van der Waals surface area contributed by atoms with Gasteiger partial charge in [0, 0.05) is 12.8 Å². The molecule has 0 saturated carbocycles. The summed E-state index contributed by atoms with van der Waals surface area (Å²) >= 11 is 0. The zero-order chi connectivity index (χ0) is 53.6. The molecule has 0 aliphatic heterocycles. The van der Waals surface area contributed by atoms with Crippen molar-refractivity contribution in [1.29, 1.82) is 0 Å². The number of carbonyl (C=O) groups excluding carboxylic acids is 2. The number of nitrogens with one attached hydrogen (secondary N) is 1. The number of rotatable bonds is 64. The molecule has 2 unspecified atom stereocenters. The SMILES string of the molecule is CCCCCC/C=C\CCCCCCCC(=O)OCCCCCCCCCCCCCCCCCCCCCCCCCC(=O)NC(CO)C(O)CCCCCCCCCCCCCCCCCCCCCCC. The van der Waals surface area contributed by atoms with E-state index < -0.39 is 12.1 Å². The Hall–Kier alpha value is -1.40. The van der Waals surface area contributed by atoms with E-state index in [1.165, 1.54) is 308 Å². The Bertz CT molecular complexity index is 1110. The molecule has 0 aliphatic rings. The van der Waals surface area contributed by atoms with Crippen molar-refractivity contribution >= 4 is 11.9 Å². The molecule has 0 aromatic carbocycles. The summed E-state index contributed by atoms with van der Waals surface area (Å²) in [6, 6.07) is -0.541. The minimum atomic E-state index is -0.664. The van der Waals surface area contributed by atoms with Crippen LogP contribution < -0.4 is 5.32 Å². The predicted octanol–water partition coefficient (Wildman–Crippen LogP) is 21.6. The van der Waals surface area contributed by atoms with Gasteiger partial charge in [0.25, 0.3) is 0 Å². The molecule has 6 heteroatoms. The van der Waals surface area contributed by atoms with Crippen LogP contribution in [0.25, 0.3) is 0 Å². The first-order valence-electron chi connectivity index (χ1n) is 33.9. The third-order valence-electron chi connectivity index (χ3n) is 16.1. The zero-order valence-electron chi connectivity index (χ0n) is 50.4. The van der Waals surface area contributed by atoms with Crippen LogP contribution in [-0.2, 0) is 14.3 Å². The Morgan fingerprint density at radius 3 is 0.973 bits per heavy atom. The molecule has 440 valence electrons. The molecule has 0 bridgehead atoms. The van der Waals surface area contributed by atoms with E-state index in [0.29, 0.717) is 25.9 Å². The summed E-state index contributed by atoms with van der Waals surface area (Å²) in [5, 5.41) is 23.4. The summed E-state index contributed by atoms with van der Waals surface area (Å²) in [5.41, 5.74) is 0. The average molecular weight is 1040 g/mol. The van der Waals surface area contributed by atoms with Crippen LogP contribution in [0.5, 0.6) is 0 Å². The van der Waals surface area contributed by atoms with Crippen LogP contribution in [0.2, 0.25) is 0 Å². The molecule has 2 atom stereocenters. The highest BCUT2D eigenvalue weighted by Crippen LogP contribution is 2.19. The second kappa shape index (κ2) is 64.1. The van der Waals surface area contributed by atoms with Gasteiger partial charge in [-0.1, -0.05) is 334 Å². The van der Waals surface area contributed by atoms with Gasteiger partial charge in [-0.15, -0.1) is 0 Å². The molecular formula is C68H133NO5. The first-order chi connectivity index (χ1) is 36.5. The Morgan fingerprint density at radius 2 is 0.635 bits per heavy atom. The first-order valence-corrected chi connectivity index (χ1v) is 33.9. The smallest absolute Gasteiger partial charge is 0.305 e. The van der Waals surface area contributed by atoms with E-state index >= 15 is 0 Å². The van der Waals surface area contributed by atoms with E-state index in [2.05, 4.69) is 31.3 Å². The van der Waals surface area contributed by atoms with E-state index in [-0.39, 0.29) is 18.5 Å². The van der Waals surface area contributed by atoms with Crippen molar-refractivity contribution in [2.45, 2.75) is 398 Å². The number of allylic oxidation sites excluding steroid dienone is 2. The molecular weight excluding hydrogens is 911 g/mol. The van der Waals surface area contributed by atoms with E-state index in [1.54, 1.807) is 0 Å². The zero-order valence-corrected chi connectivity index (χ0v) is 50.4. The first kappa shape index (κ1) is 72.6. The molecule has 0 radical (unpaired) electrons. The van der Waals surface area contributed by atoms with Crippen molar-refractivity contribution in [3.8, 4) is 0 Å². The van der Waals surface area contributed by atoms with Crippen LogP contribution in [-0.4, -0.2) is 47.4 Å². The second-order valence-electron chi connectivity index (χ2n) is 23.5. The number of unbranched alkanes of at least 4 members (excludes halogenated alkanes) is 51. The molecule has 6 nitrogen and oxygen atoms in total. The van der Waals surface area contributed by atoms with Gasteiger partial charge >= 0.3 is 5.97 Å². The summed E-state index contributed by atoms with van der Waals surface area (Å²) < 4.78 is 5.48. The van der Waals surface area contributed by atoms with Crippen LogP contribution in [0.1, 0.15) is 386 Å². The van der Waals surface area contributed by atoms with Gasteiger partial charge in [-0.3, -0.25) is 9.59 Å². The highest BCUT2D eigenvalue weighted by atomic mass is 16.5. The van der Waals surface area contributed by atoms with Gasteiger partial charge in [0.1, 0.15) is 0 Å². The molecule has 0 aromatic heterocycles. The predicted molar refractivity (Wildman–Crippen MR) is 324 cm³/mol.